The number of aromatic nitrogens is 1. The molecule has 38 heavy (non-hydrogen) atoms. The van der Waals surface area contributed by atoms with E-state index < -0.39 is 0 Å². The summed E-state index contributed by atoms with van der Waals surface area (Å²) in [4.78, 5) is 19.8. The van der Waals surface area contributed by atoms with Gasteiger partial charge in [-0.2, -0.15) is 0 Å². The summed E-state index contributed by atoms with van der Waals surface area (Å²) in [6, 6.07) is 15.4. The van der Waals surface area contributed by atoms with Crippen LogP contribution in [-0.4, -0.2) is 55.2 Å². The van der Waals surface area contributed by atoms with Crippen LogP contribution in [0.1, 0.15) is 56.5 Å². The van der Waals surface area contributed by atoms with Gasteiger partial charge in [-0.3, -0.25) is 14.5 Å². The Balaban J connectivity index is 0.00000186. The lowest BCUT2D eigenvalue weighted by atomic mass is 9.98. The summed E-state index contributed by atoms with van der Waals surface area (Å²) in [7, 11) is 3.94. The van der Waals surface area contributed by atoms with E-state index >= 15 is 0 Å². The Bertz CT molecular complexity index is 1220. The number of nitrogens with one attached hydrogen (secondary N) is 3. The van der Waals surface area contributed by atoms with Crippen molar-refractivity contribution in [1.82, 2.24) is 15.2 Å². The molecule has 3 N–H and O–H groups in total. The van der Waals surface area contributed by atoms with Crippen LogP contribution in [0.5, 0.6) is 11.5 Å². The first kappa shape index (κ1) is 30.4. The summed E-state index contributed by atoms with van der Waals surface area (Å²) in [5.74, 6) is 1.34. The molecule has 0 saturated carbocycles. The Morgan fingerprint density at radius 3 is 2.50 bits per heavy atom. The number of halogens is 1. The molecule has 2 heterocycles. The van der Waals surface area contributed by atoms with E-state index in [-0.39, 0.29) is 18.1 Å². The molecule has 7 nitrogen and oxygen atoms in total. The number of aryl methyl sites for hydroxylation is 1. The van der Waals surface area contributed by atoms with Gasteiger partial charge in [0.25, 0.3) is 5.91 Å². The van der Waals surface area contributed by atoms with Gasteiger partial charge in [-0.25, -0.2) is 0 Å². The second-order valence-electron chi connectivity index (χ2n) is 8.90. The zero-order valence-corrected chi connectivity index (χ0v) is 23.0. The van der Waals surface area contributed by atoms with E-state index in [9.17, 15) is 4.79 Å². The van der Waals surface area contributed by atoms with Crippen LogP contribution in [0.2, 0.25) is 0 Å². The predicted octanol–water partition coefficient (Wildman–Crippen LogP) is 6.39. The number of anilines is 1. The van der Waals surface area contributed by atoms with Crippen molar-refractivity contribution in [2.24, 2.45) is 0 Å². The molecular weight excluding hydrogens is 481 g/mol. The van der Waals surface area contributed by atoms with Gasteiger partial charge in [0.1, 0.15) is 11.5 Å². The first-order chi connectivity index (χ1) is 18.0. The number of rotatable bonds is 8. The maximum Gasteiger partial charge on any atom is 0.251 e. The fourth-order valence-electron chi connectivity index (χ4n) is 4.39. The third kappa shape index (κ3) is 7.61. The second-order valence-corrected chi connectivity index (χ2v) is 8.90. The quantitative estimate of drug-likeness (QED) is 0.298. The second kappa shape index (κ2) is 14.8. The third-order valence-electron chi connectivity index (χ3n) is 6.50. The van der Waals surface area contributed by atoms with Crippen LogP contribution >= 0.6 is 0 Å². The number of pyridine rings is 1. The van der Waals surface area contributed by atoms with Gasteiger partial charge < -0.3 is 25.7 Å². The van der Waals surface area contributed by atoms with E-state index in [4.69, 9.17) is 10.1 Å². The fourth-order valence-corrected chi connectivity index (χ4v) is 4.39. The number of amides is 1. The minimum Gasteiger partial charge on any atom is -0.457 e. The Morgan fingerprint density at radius 1 is 1.13 bits per heavy atom. The molecule has 2 aromatic carbocycles. The lowest BCUT2D eigenvalue weighted by molar-refractivity contribution is 0.0916. The average molecular weight is 524 g/mol. The average Bonchev–Trinajstić information content (AvgIpc) is 2.95. The molecule has 1 saturated heterocycles. The number of benzene rings is 2. The van der Waals surface area contributed by atoms with Gasteiger partial charge in [-0.15, -0.1) is 0 Å². The normalized spacial score (nSPS) is 13.4. The number of hydrogen-bond donors (Lipinski definition) is 3. The van der Waals surface area contributed by atoms with Gasteiger partial charge in [0.15, 0.2) is 0 Å². The Morgan fingerprint density at radius 2 is 1.84 bits per heavy atom. The maximum absolute atomic E-state index is 13.0. The van der Waals surface area contributed by atoms with Gasteiger partial charge in [0.2, 0.25) is 0 Å². The number of nitrogens with zero attached hydrogens (tertiary/aromatic N) is 2. The molecule has 1 aromatic heterocycles. The smallest absolute Gasteiger partial charge is 0.251 e. The molecule has 1 amide bonds. The van der Waals surface area contributed by atoms with Crippen molar-refractivity contribution in [3.63, 3.8) is 0 Å². The van der Waals surface area contributed by atoms with E-state index in [2.05, 4.69) is 34.5 Å². The third-order valence-corrected chi connectivity index (χ3v) is 6.50. The zero-order chi connectivity index (χ0) is 26.8. The van der Waals surface area contributed by atoms with Crippen LogP contribution in [0.25, 0.3) is 11.3 Å². The van der Waals surface area contributed by atoms with Gasteiger partial charge in [0, 0.05) is 61.4 Å². The number of carbonyl (C=O) groups is 1. The summed E-state index contributed by atoms with van der Waals surface area (Å²) in [5, 5.41) is 13.8. The number of hydrogen-bond acceptors (Lipinski definition) is 6. The number of likely N-dealkylation sites (tertiary alicyclic amines) is 1. The minimum absolute atomic E-state index is 0. The first-order valence-electron chi connectivity index (χ1n) is 13.1. The highest BCUT2D eigenvalue weighted by Crippen LogP contribution is 2.29. The zero-order valence-electron chi connectivity index (χ0n) is 23.0. The van der Waals surface area contributed by atoms with Crippen molar-refractivity contribution >= 4 is 17.8 Å². The molecule has 3 aromatic rings. The molecule has 0 aliphatic carbocycles. The van der Waals surface area contributed by atoms with E-state index in [1.807, 2.05) is 69.4 Å². The number of carbonyl (C=O) groups excluding carboxylic acids is 1. The highest BCUT2D eigenvalue weighted by molar-refractivity contribution is 5.96. The van der Waals surface area contributed by atoms with Crippen LogP contribution in [0.15, 0.2) is 54.7 Å². The number of ether oxygens (including phenoxy) is 1. The van der Waals surface area contributed by atoms with Crippen LogP contribution < -0.4 is 15.4 Å². The van der Waals surface area contributed by atoms with Crippen LogP contribution in [-0.2, 0) is 6.42 Å². The summed E-state index contributed by atoms with van der Waals surface area (Å²) in [6.45, 7) is 8.09. The molecule has 1 aliphatic rings. The molecule has 0 unspecified atom stereocenters. The molecule has 8 heteroatoms. The molecule has 1 fully saturated rings. The maximum atomic E-state index is 13.0. The standard InChI is InChI=1S/C28H33N5O2.C2H6.FH.H2/c1-4-19-15-20(6-8-25(19)28(34)32-22-10-13-33(3)14-11-22)27-17-24(9-12-31-27)35-23-7-5-21(18-29)26(16-23)30-2;1-2;;/h5-9,12,15-18,22,29-30H,4,10-11,13-14H2,1-3H3,(H,32,34);1-2H3;2*1H. The van der Waals surface area contributed by atoms with E-state index in [1.54, 1.807) is 6.20 Å². The SMILES string of the molecule is CC.CCc1cc(-c2cc(Oc3ccc(C=N)c(NC)c3)ccn2)ccc1C(=O)NC1CCN(C)CC1.F.[HH]. The largest absolute Gasteiger partial charge is 0.457 e. The van der Waals surface area contributed by atoms with Crippen molar-refractivity contribution in [2.75, 3.05) is 32.5 Å². The van der Waals surface area contributed by atoms with E-state index in [0.717, 1.165) is 66.0 Å². The van der Waals surface area contributed by atoms with Gasteiger partial charge in [-0.1, -0.05) is 26.8 Å². The van der Waals surface area contributed by atoms with Crippen molar-refractivity contribution in [2.45, 2.75) is 46.1 Å². The Hall–Kier alpha value is -3.78. The molecule has 1 aliphatic heterocycles. The molecule has 4 rings (SSSR count). The van der Waals surface area contributed by atoms with Crippen LogP contribution in [0, 0.1) is 5.41 Å². The molecule has 0 spiro atoms. The first-order valence-corrected chi connectivity index (χ1v) is 13.1. The van der Waals surface area contributed by atoms with Gasteiger partial charge in [0.05, 0.1) is 5.69 Å². The summed E-state index contributed by atoms with van der Waals surface area (Å²) in [6.07, 6.45) is 5.76. The summed E-state index contributed by atoms with van der Waals surface area (Å²) < 4.78 is 6.07. The molecular formula is C30H42FN5O2. The Kier molecular flexibility index (Phi) is 11.9. The topological polar surface area (TPSA) is 90.3 Å². The van der Waals surface area contributed by atoms with Crippen molar-refractivity contribution in [3.05, 3.63) is 71.4 Å². The predicted molar refractivity (Wildman–Crippen MR) is 157 cm³/mol. The lowest BCUT2D eigenvalue weighted by Crippen LogP contribution is -2.43. The molecule has 206 valence electrons. The molecule has 0 radical (unpaired) electrons. The van der Waals surface area contributed by atoms with E-state index in [0.29, 0.717) is 11.5 Å². The highest BCUT2D eigenvalue weighted by Gasteiger charge is 2.20. The van der Waals surface area contributed by atoms with Crippen molar-refractivity contribution in [3.8, 4) is 22.8 Å². The highest BCUT2D eigenvalue weighted by atomic mass is 19.0. The van der Waals surface area contributed by atoms with Crippen molar-refractivity contribution < 1.29 is 15.7 Å². The molecule has 0 atom stereocenters. The minimum atomic E-state index is 0. The van der Waals surface area contributed by atoms with Gasteiger partial charge >= 0.3 is 0 Å². The fraction of sp³-hybridized carbons (Fsp3) is 0.367. The monoisotopic (exact) mass is 523 g/mol. The number of piperidine rings is 1. The van der Waals surface area contributed by atoms with Gasteiger partial charge in [-0.05, 0) is 75.3 Å². The van der Waals surface area contributed by atoms with Crippen molar-refractivity contribution in [1.29, 1.82) is 5.41 Å². The van der Waals surface area contributed by atoms with Crippen LogP contribution in [0.3, 0.4) is 0 Å². The summed E-state index contributed by atoms with van der Waals surface area (Å²) >= 11 is 0. The molecule has 0 bridgehead atoms. The van der Waals surface area contributed by atoms with Crippen LogP contribution in [0.4, 0.5) is 10.4 Å². The Labute approximate surface area is 227 Å². The summed E-state index contributed by atoms with van der Waals surface area (Å²) in [5.41, 5.74) is 5.08. The van der Waals surface area contributed by atoms with E-state index in [1.165, 1.54) is 6.21 Å². The lowest BCUT2D eigenvalue weighted by Gasteiger charge is -2.29.